The number of sulfonamides is 1. The second kappa shape index (κ2) is 11.2. The summed E-state index contributed by atoms with van der Waals surface area (Å²) in [4.78, 5) is 12.8. The summed E-state index contributed by atoms with van der Waals surface area (Å²) in [6.45, 7) is 3.79. The van der Waals surface area contributed by atoms with Gasteiger partial charge in [-0.15, -0.1) is 0 Å². The molecule has 2 heterocycles. The molecule has 4 rings (SSSR count). The van der Waals surface area contributed by atoms with E-state index in [0.29, 0.717) is 31.0 Å². The van der Waals surface area contributed by atoms with Crippen LogP contribution in [-0.4, -0.2) is 42.3 Å². The fraction of sp³-hybridized carbons (Fsp3) is 0.444. The number of carbonyl (C=O) groups is 1. The fourth-order valence-corrected chi connectivity index (χ4v) is 6.19. The van der Waals surface area contributed by atoms with Crippen LogP contribution in [-0.2, 0) is 27.8 Å². The lowest BCUT2D eigenvalue weighted by Gasteiger charge is -2.20. The Kier molecular flexibility index (Phi) is 8.06. The molecule has 2 aromatic carbocycles. The van der Waals surface area contributed by atoms with Crippen molar-refractivity contribution in [1.29, 1.82) is 0 Å². The molecule has 0 radical (unpaired) electrons. The molecule has 1 amide bonds. The van der Waals surface area contributed by atoms with E-state index < -0.39 is 10.0 Å². The van der Waals surface area contributed by atoms with Crippen molar-refractivity contribution in [3.63, 3.8) is 0 Å². The molecule has 0 aliphatic carbocycles. The molecule has 0 bridgehead atoms. The number of amides is 1. The number of nitrogens with one attached hydrogen (secondary N) is 1. The van der Waals surface area contributed by atoms with E-state index in [2.05, 4.69) is 17.4 Å². The zero-order valence-corrected chi connectivity index (χ0v) is 20.8. The SMILES string of the molecule is CC(CCc1ccccc1)NC(=O)CCn1ccc2cc(S(=O)(=O)N3CCCCCC3)ccc21. The molecule has 0 saturated carbocycles. The van der Waals surface area contributed by atoms with E-state index in [4.69, 9.17) is 0 Å². The molecule has 1 aliphatic rings. The molecular weight excluding hydrogens is 446 g/mol. The normalized spacial score (nSPS) is 16.3. The molecule has 6 nitrogen and oxygen atoms in total. The monoisotopic (exact) mass is 481 g/mol. The minimum atomic E-state index is -3.47. The molecule has 7 heteroatoms. The van der Waals surface area contributed by atoms with Gasteiger partial charge >= 0.3 is 0 Å². The highest BCUT2D eigenvalue weighted by atomic mass is 32.2. The van der Waals surface area contributed by atoms with E-state index in [0.717, 1.165) is 49.4 Å². The maximum Gasteiger partial charge on any atom is 0.243 e. The number of aryl methyl sites for hydroxylation is 2. The summed E-state index contributed by atoms with van der Waals surface area (Å²) in [6.07, 6.45) is 8.17. The van der Waals surface area contributed by atoms with Gasteiger partial charge in [0.1, 0.15) is 0 Å². The van der Waals surface area contributed by atoms with Crippen LogP contribution >= 0.6 is 0 Å². The number of carbonyl (C=O) groups excluding carboxylic acids is 1. The minimum absolute atomic E-state index is 0.0303. The molecule has 1 aromatic heterocycles. The van der Waals surface area contributed by atoms with Crippen molar-refractivity contribution in [2.45, 2.75) is 69.4 Å². The summed E-state index contributed by atoms with van der Waals surface area (Å²) < 4.78 is 29.9. The maximum absolute atomic E-state index is 13.1. The molecule has 34 heavy (non-hydrogen) atoms. The first-order chi connectivity index (χ1) is 16.4. The molecule has 1 atom stereocenters. The van der Waals surface area contributed by atoms with Crippen molar-refractivity contribution in [2.24, 2.45) is 0 Å². The van der Waals surface area contributed by atoms with Crippen LogP contribution in [0.4, 0.5) is 0 Å². The topological polar surface area (TPSA) is 71.4 Å². The Balaban J connectivity index is 1.33. The average molecular weight is 482 g/mol. The van der Waals surface area contributed by atoms with Gasteiger partial charge in [0.25, 0.3) is 0 Å². The summed E-state index contributed by atoms with van der Waals surface area (Å²) in [5, 5.41) is 3.98. The highest BCUT2D eigenvalue weighted by molar-refractivity contribution is 7.89. The maximum atomic E-state index is 13.1. The van der Waals surface area contributed by atoms with Crippen LogP contribution in [0.5, 0.6) is 0 Å². The largest absolute Gasteiger partial charge is 0.354 e. The van der Waals surface area contributed by atoms with Crippen LogP contribution in [0.2, 0.25) is 0 Å². The Morgan fingerprint density at radius 3 is 2.47 bits per heavy atom. The van der Waals surface area contributed by atoms with E-state index in [1.165, 1.54) is 5.56 Å². The summed E-state index contributed by atoms with van der Waals surface area (Å²) in [6, 6.07) is 17.7. The number of hydrogen-bond donors (Lipinski definition) is 1. The van der Waals surface area contributed by atoms with Crippen molar-refractivity contribution in [3.05, 3.63) is 66.4 Å². The van der Waals surface area contributed by atoms with Gasteiger partial charge in [-0.3, -0.25) is 4.79 Å². The smallest absolute Gasteiger partial charge is 0.243 e. The standard InChI is InChI=1S/C27H35N3O3S/c1-22(11-12-23-9-5-4-6-10-23)28-27(31)16-20-29-19-15-24-21-25(13-14-26(24)29)34(32,33)30-17-7-2-3-8-18-30/h4-6,9-10,13-15,19,21-22H,2-3,7-8,11-12,16-18,20H2,1H3,(H,28,31). The van der Waals surface area contributed by atoms with Crippen molar-refractivity contribution >= 4 is 26.8 Å². The van der Waals surface area contributed by atoms with E-state index >= 15 is 0 Å². The van der Waals surface area contributed by atoms with Crippen molar-refractivity contribution in [2.75, 3.05) is 13.1 Å². The first kappa shape index (κ1) is 24.5. The first-order valence-corrected chi connectivity index (χ1v) is 13.8. The number of rotatable bonds is 9. The van der Waals surface area contributed by atoms with Crippen LogP contribution in [0, 0.1) is 0 Å². The lowest BCUT2D eigenvalue weighted by atomic mass is 10.1. The average Bonchev–Trinajstić information content (AvgIpc) is 3.03. The lowest BCUT2D eigenvalue weighted by Crippen LogP contribution is -2.33. The summed E-state index contributed by atoms with van der Waals surface area (Å²) >= 11 is 0. The molecule has 1 saturated heterocycles. The Morgan fingerprint density at radius 2 is 1.74 bits per heavy atom. The summed E-state index contributed by atoms with van der Waals surface area (Å²) in [7, 11) is -3.47. The second-order valence-corrected chi connectivity index (χ2v) is 11.2. The molecule has 1 aliphatic heterocycles. The third-order valence-corrected chi connectivity index (χ3v) is 8.54. The molecule has 182 valence electrons. The lowest BCUT2D eigenvalue weighted by molar-refractivity contribution is -0.121. The van der Waals surface area contributed by atoms with Crippen LogP contribution < -0.4 is 5.32 Å². The van der Waals surface area contributed by atoms with E-state index in [-0.39, 0.29) is 11.9 Å². The number of aromatic nitrogens is 1. The van der Waals surface area contributed by atoms with E-state index in [1.807, 2.05) is 48.0 Å². The number of nitrogens with zero attached hydrogens (tertiary/aromatic N) is 2. The number of hydrogen-bond acceptors (Lipinski definition) is 3. The minimum Gasteiger partial charge on any atom is -0.354 e. The van der Waals surface area contributed by atoms with Gasteiger partial charge in [-0.1, -0.05) is 43.2 Å². The van der Waals surface area contributed by atoms with Gasteiger partial charge < -0.3 is 9.88 Å². The zero-order chi connectivity index (χ0) is 24.0. The number of fused-ring (bicyclic) bond motifs is 1. The Morgan fingerprint density at radius 1 is 1.00 bits per heavy atom. The van der Waals surface area contributed by atoms with E-state index in [1.54, 1.807) is 16.4 Å². The Labute approximate surface area is 203 Å². The van der Waals surface area contributed by atoms with Gasteiger partial charge in [0.05, 0.1) is 4.90 Å². The molecule has 0 spiro atoms. The summed E-state index contributed by atoms with van der Waals surface area (Å²) in [5.74, 6) is 0.0303. The molecular formula is C27H35N3O3S. The quantitative estimate of drug-likeness (QED) is 0.480. The van der Waals surface area contributed by atoms with Crippen molar-refractivity contribution in [3.8, 4) is 0 Å². The van der Waals surface area contributed by atoms with Crippen LogP contribution in [0.3, 0.4) is 0 Å². The summed E-state index contributed by atoms with van der Waals surface area (Å²) in [5.41, 5.74) is 2.22. The van der Waals surface area contributed by atoms with Gasteiger partial charge in [0.2, 0.25) is 15.9 Å². The third-order valence-electron chi connectivity index (χ3n) is 6.64. The highest BCUT2D eigenvalue weighted by Crippen LogP contribution is 2.25. The number of benzene rings is 2. The third kappa shape index (κ3) is 6.07. The molecule has 1 N–H and O–H groups in total. The fourth-order valence-electron chi connectivity index (χ4n) is 4.63. The van der Waals surface area contributed by atoms with Crippen LogP contribution in [0.15, 0.2) is 65.7 Å². The van der Waals surface area contributed by atoms with Gasteiger partial charge in [0.15, 0.2) is 0 Å². The first-order valence-electron chi connectivity index (χ1n) is 12.4. The molecule has 1 unspecified atom stereocenters. The predicted octanol–water partition coefficient (Wildman–Crippen LogP) is 4.73. The Hall–Kier alpha value is -2.64. The van der Waals surface area contributed by atoms with Crippen LogP contribution in [0.25, 0.3) is 10.9 Å². The van der Waals surface area contributed by atoms with Gasteiger partial charge in [-0.25, -0.2) is 8.42 Å². The van der Waals surface area contributed by atoms with Crippen molar-refractivity contribution in [1.82, 2.24) is 14.2 Å². The highest BCUT2D eigenvalue weighted by Gasteiger charge is 2.25. The second-order valence-electron chi connectivity index (χ2n) is 9.29. The van der Waals surface area contributed by atoms with Crippen LogP contribution in [0.1, 0.15) is 51.0 Å². The van der Waals surface area contributed by atoms with E-state index in [9.17, 15) is 13.2 Å². The van der Waals surface area contributed by atoms with Gasteiger partial charge in [-0.2, -0.15) is 4.31 Å². The molecule has 3 aromatic rings. The zero-order valence-electron chi connectivity index (χ0n) is 19.9. The Bertz CT molecular complexity index is 1200. The van der Waals surface area contributed by atoms with Gasteiger partial charge in [-0.05, 0) is 62.4 Å². The van der Waals surface area contributed by atoms with Gasteiger partial charge in [0, 0.05) is 49.2 Å². The molecule has 1 fully saturated rings. The van der Waals surface area contributed by atoms with Crippen molar-refractivity contribution < 1.29 is 13.2 Å². The predicted molar refractivity (Wildman–Crippen MR) is 136 cm³/mol.